The zero-order chi connectivity index (χ0) is 12.1. The van der Waals surface area contributed by atoms with Gasteiger partial charge in [-0.2, -0.15) is 0 Å². The molecule has 0 radical (unpaired) electrons. The molecule has 4 heteroatoms. The second kappa shape index (κ2) is 5.27. The number of nitrogens with one attached hydrogen (secondary N) is 1. The molecule has 0 spiro atoms. The van der Waals surface area contributed by atoms with Gasteiger partial charge in [0.05, 0.1) is 5.54 Å². The van der Waals surface area contributed by atoms with Crippen molar-refractivity contribution in [2.45, 2.75) is 37.6 Å². The van der Waals surface area contributed by atoms with E-state index in [1.807, 2.05) is 12.3 Å². The number of primary amides is 1. The van der Waals surface area contributed by atoms with Gasteiger partial charge in [-0.15, -0.1) is 0 Å². The number of nitrogens with two attached hydrogens (primary N) is 1. The van der Waals surface area contributed by atoms with Crippen molar-refractivity contribution >= 4 is 5.91 Å². The number of rotatable bonds is 5. The van der Waals surface area contributed by atoms with Gasteiger partial charge in [0.15, 0.2) is 0 Å². The summed E-state index contributed by atoms with van der Waals surface area (Å²) in [6.07, 6.45) is 8.28. The topological polar surface area (TPSA) is 68.0 Å². The molecule has 2 rings (SSSR count). The van der Waals surface area contributed by atoms with E-state index in [9.17, 15) is 4.79 Å². The molecule has 1 aromatic rings. The lowest BCUT2D eigenvalue weighted by Gasteiger charge is -2.25. The lowest BCUT2D eigenvalue weighted by molar-refractivity contribution is -0.124. The third-order valence-electron chi connectivity index (χ3n) is 3.51. The second-order valence-electron chi connectivity index (χ2n) is 4.69. The molecule has 17 heavy (non-hydrogen) atoms. The van der Waals surface area contributed by atoms with E-state index in [0.717, 1.165) is 38.6 Å². The zero-order valence-electron chi connectivity index (χ0n) is 9.98. The predicted octanol–water partition coefficient (Wildman–Crippen LogP) is 1.01. The van der Waals surface area contributed by atoms with Gasteiger partial charge in [0.1, 0.15) is 0 Å². The Morgan fingerprint density at radius 2 is 2.47 bits per heavy atom. The summed E-state index contributed by atoms with van der Waals surface area (Å²) in [5.41, 5.74) is 6.26. The van der Waals surface area contributed by atoms with Crippen LogP contribution in [0.15, 0.2) is 24.5 Å². The molecular formula is C13H19N3O. The predicted molar refractivity (Wildman–Crippen MR) is 66.3 cm³/mol. The van der Waals surface area contributed by atoms with E-state index in [1.54, 1.807) is 6.20 Å². The van der Waals surface area contributed by atoms with E-state index < -0.39 is 5.54 Å². The van der Waals surface area contributed by atoms with Gasteiger partial charge in [-0.1, -0.05) is 6.07 Å². The Kier molecular flexibility index (Phi) is 3.74. The maximum atomic E-state index is 11.5. The first kappa shape index (κ1) is 12.0. The molecule has 1 fully saturated rings. The van der Waals surface area contributed by atoms with Gasteiger partial charge in [0.2, 0.25) is 5.91 Å². The van der Waals surface area contributed by atoms with Crippen LogP contribution in [0.2, 0.25) is 0 Å². The summed E-state index contributed by atoms with van der Waals surface area (Å²) < 4.78 is 0. The molecule has 4 nitrogen and oxygen atoms in total. The number of carbonyl (C=O) groups is 1. The lowest BCUT2D eigenvalue weighted by atomic mass is 9.89. The first-order valence-electron chi connectivity index (χ1n) is 6.17. The summed E-state index contributed by atoms with van der Waals surface area (Å²) in [6.45, 7) is 0.899. The highest BCUT2D eigenvalue weighted by molar-refractivity contribution is 5.85. The summed E-state index contributed by atoms with van der Waals surface area (Å²) in [4.78, 5) is 15.6. The van der Waals surface area contributed by atoms with E-state index in [4.69, 9.17) is 5.73 Å². The number of hydrogen-bond acceptors (Lipinski definition) is 3. The van der Waals surface area contributed by atoms with Crippen molar-refractivity contribution < 1.29 is 4.79 Å². The summed E-state index contributed by atoms with van der Waals surface area (Å²) in [5.74, 6) is -0.207. The average molecular weight is 233 g/mol. The van der Waals surface area contributed by atoms with Crippen molar-refractivity contribution in [2.24, 2.45) is 5.73 Å². The molecule has 0 aliphatic carbocycles. The van der Waals surface area contributed by atoms with E-state index in [0.29, 0.717) is 0 Å². The van der Waals surface area contributed by atoms with Crippen LogP contribution in [0, 0.1) is 0 Å². The number of nitrogens with zero attached hydrogens (tertiary/aromatic N) is 1. The molecule has 92 valence electrons. The Hall–Kier alpha value is -1.42. The van der Waals surface area contributed by atoms with Crippen LogP contribution >= 0.6 is 0 Å². The van der Waals surface area contributed by atoms with Crippen LogP contribution < -0.4 is 11.1 Å². The van der Waals surface area contributed by atoms with Crippen molar-refractivity contribution in [3.8, 4) is 0 Å². The molecule has 0 bridgehead atoms. The fraction of sp³-hybridized carbons (Fsp3) is 0.538. The quantitative estimate of drug-likeness (QED) is 0.797. The summed E-state index contributed by atoms with van der Waals surface area (Å²) in [6, 6.07) is 4.00. The lowest BCUT2D eigenvalue weighted by Crippen LogP contribution is -2.51. The van der Waals surface area contributed by atoms with Gasteiger partial charge < -0.3 is 11.1 Å². The maximum absolute atomic E-state index is 11.5. The van der Waals surface area contributed by atoms with E-state index >= 15 is 0 Å². The number of aromatic nitrogens is 1. The smallest absolute Gasteiger partial charge is 0.237 e. The highest BCUT2D eigenvalue weighted by Crippen LogP contribution is 2.25. The average Bonchev–Trinajstić information content (AvgIpc) is 2.80. The van der Waals surface area contributed by atoms with Gasteiger partial charge in [0, 0.05) is 12.4 Å². The first-order chi connectivity index (χ1) is 8.23. The minimum atomic E-state index is -0.456. The number of aryl methyl sites for hydroxylation is 1. The van der Waals surface area contributed by atoms with Crippen LogP contribution in [0.4, 0.5) is 0 Å². The van der Waals surface area contributed by atoms with E-state index in [2.05, 4.69) is 16.4 Å². The molecule has 0 aromatic carbocycles. The fourth-order valence-electron chi connectivity index (χ4n) is 2.49. The van der Waals surface area contributed by atoms with Gasteiger partial charge in [0.25, 0.3) is 0 Å². The number of carbonyl (C=O) groups excluding carboxylic acids is 1. The summed E-state index contributed by atoms with van der Waals surface area (Å²) in [7, 11) is 0. The molecule has 1 saturated heterocycles. The molecular weight excluding hydrogens is 214 g/mol. The Bertz CT molecular complexity index is 372. The van der Waals surface area contributed by atoms with E-state index in [-0.39, 0.29) is 5.91 Å². The summed E-state index contributed by atoms with van der Waals surface area (Å²) in [5, 5.41) is 3.27. The molecule has 1 atom stereocenters. The number of pyridine rings is 1. The van der Waals surface area contributed by atoms with Crippen LogP contribution in [0.3, 0.4) is 0 Å². The maximum Gasteiger partial charge on any atom is 0.237 e. The highest BCUT2D eigenvalue weighted by Gasteiger charge is 2.38. The Labute approximate surface area is 102 Å². The Morgan fingerprint density at radius 1 is 1.59 bits per heavy atom. The van der Waals surface area contributed by atoms with E-state index in [1.165, 1.54) is 5.56 Å². The van der Waals surface area contributed by atoms with Gasteiger partial charge in [-0.05, 0) is 50.3 Å². The Morgan fingerprint density at radius 3 is 3.06 bits per heavy atom. The second-order valence-corrected chi connectivity index (χ2v) is 4.69. The third-order valence-corrected chi connectivity index (χ3v) is 3.51. The SMILES string of the molecule is NC(=O)[C@]1(CCCc2cccnc2)CCCN1. The largest absolute Gasteiger partial charge is 0.368 e. The molecule has 1 amide bonds. The zero-order valence-corrected chi connectivity index (χ0v) is 9.98. The minimum Gasteiger partial charge on any atom is -0.368 e. The fourth-order valence-corrected chi connectivity index (χ4v) is 2.49. The van der Waals surface area contributed by atoms with Gasteiger partial charge in [-0.3, -0.25) is 9.78 Å². The molecule has 1 aliphatic heterocycles. The molecule has 2 heterocycles. The van der Waals surface area contributed by atoms with Crippen LogP contribution in [0.25, 0.3) is 0 Å². The van der Waals surface area contributed by atoms with Crippen LogP contribution in [-0.2, 0) is 11.2 Å². The van der Waals surface area contributed by atoms with Crippen LogP contribution in [0.5, 0.6) is 0 Å². The molecule has 0 saturated carbocycles. The molecule has 3 N–H and O–H groups in total. The molecule has 1 aromatic heterocycles. The molecule has 0 unspecified atom stereocenters. The molecule has 1 aliphatic rings. The van der Waals surface area contributed by atoms with Crippen LogP contribution in [0.1, 0.15) is 31.2 Å². The summed E-state index contributed by atoms with van der Waals surface area (Å²) >= 11 is 0. The normalized spacial score (nSPS) is 23.8. The monoisotopic (exact) mass is 233 g/mol. The Balaban J connectivity index is 1.87. The van der Waals surface area contributed by atoms with Crippen molar-refractivity contribution in [1.29, 1.82) is 0 Å². The number of hydrogen-bond donors (Lipinski definition) is 2. The van der Waals surface area contributed by atoms with Gasteiger partial charge >= 0.3 is 0 Å². The van der Waals surface area contributed by atoms with Crippen LogP contribution in [-0.4, -0.2) is 23.0 Å². The first-order valence-corrected chi connectivity index (χ1v) is 6.17. The third kappa shape index (κ3) is 2.82. The van der Waals surface area contributed by atoms with Crippen molar-refractivity contribution in [3.05, 3.63) is 30.1 Å². The minimum absolute atomic E-state index is 0.207. The van der Waals surface area contributed by atoms with Gasteiger partial charge in [-0.25, -0.2) is 0 Å². The number of amides is 1. The van der Waals surface area contributed by atoms with Crippen molar-refractivity contribution in [2.75, 3.05) is 6.54 Å². The van der Waals surface area contributed by atoms with Crippen molar-refractivity contribution in [3.63, 3.8) is 0 Å². The standard InChI is InChI=1S/C13H19N3O/c14-12(17)13(7-3-9-16-13)6-1-4-11-5-2-8-15-10-11/h2,5,8,10,16H,1,3-4,6-7,9H2,(H2,14,17)/t13-/m0/s1. The van der Waals surface area contributed by atoms with Crippen molar-refractivity contribution in [1.82, 2.24) is 10.3 Å². The highest BCUT2D eigenvalue weighted by atomic mass is 16.1.